The second-order valence-electron chi connectivity index (χ2n) is 5.95. The van der Waals surface area contributed by atoms with Crippen LogP contribution in [-0.2, 0) is 27.5 Å². The molecule has 25 heavy (non-hydrogen) atoms. The second-order valence-corrected chi connectivity index (χ2v) is 8.20. The molecule has 5 nitrogen and oxygen atoms in total. The molecule has 1 N–H and O–H groups in total. The van der Waals surface area contributed by atoms with Crippen molar-refractivity contribution >= 4 is 15.9 Å². The van der Waals surface area contributed by atoms with Gasteiger partial charge in [0.2, 0.25) is 15.9 Å². The summed E-state index contributed by atoms with van der Waals surface area (Å²) in [7, 11) is -3.27. The molecule has 2 rings (SSSR count). The molecular formula is C16H21F3N2O3S. The van der Waals surface area contributed by atoms with Crippen LogP contribution < -0.4 is 5.32 Å². The number of sulfonamides is 1. The first-order valence-corrected chi connectivity index (χ1v) is 9.66. The smallest absolute Gasteiger partial charge is 0.352 e. The molecule has 0 aliphatic carbocycles. The van der Waals surface area contributed by atoms with E-state index >= 15 is 0 Å². The van der Waals surface area contributed by atoms with E-state index in [4.69, 9.17) is 0 Å². The third-order valence-electron chi connectivity index (χ3n) is 4.36. The fourth-order valence-electron chi connectivity index (χ4n) is 2.86. The molecule has 140 valence electrons. The van der Waals surface area contributed by atoms with E-state index in [2.05, 4.69) is 5.32 Å². The maximum Gasteiger partial charge on any atom is 0.416 e. The number of piperidine rings is 1. The van der Waals surface area contributed by atoms with E-state index in [0.29, 0.717) is 12.8 Å². The highest BCUT2D eigenvalue weighted by Gasteiger charge is 2.33. The molecule has 0 aromatic heterocycles. The molecule has 1 aromatic carbocycles. The summed E-state index contributed by atoms with van der Waals surface area (Å²) in [5, 5.41) is 2.54. The molecule has 9 heteroatoms. The van der Waals surface area contributed by atoms with Gasteiger partial charge in [0.15, 0.2) is 0 Å². The Hall–Kier alpha value is -1.61. The van der Waals surface area contributed by atoms with Crippen LogP contribution in [0.1, 0.15) is 30.9 Å². The summed E-state index contributed by atoms with van der Waals surface area (Å²) in [5.74, 6) is -0.718. The topological polar surface area (TPSA) is 66.5 Å². The molecule has 0 bridgehead atoms. The molecule has 0 radical (unpaired) electrons. The van der Waals surface area contributed by atoms with Crippen LogP contribution in [0.15, 0.2) is 24.3 Å². The zero-order valence-electron chi connectivity index (χ0n) is 13.8. The molecule has 1 saturated heterocycles. The summed E-state index contributed by atoms with van der Waals surface area (Å²) in [6, 6.07) is 5.11. The molecule has 1 aliphatic rings. The van der Waals surface area contributed by atoms with Gasteiger partial charge in [0, 0.05) is 25.6 Å². The molecule has 1 aromatic rings. The molecule has 1 aliphatic heterocycles. The summed E-state index contributed by atoms with van der Waals surface area (Å²) in [4.78, 5) is 12.2. The van der Waals surface area contributed by atoms with E-state index in [1.807, 2.05) is 0 Å². The highest BCUT2D eigenvalue weighted by molar-refractivity contribution is 7.89. The lowest BCUT2D eigenvalue weighted by atomic mass is 9.97. The number of carbonyl (C=O) groups excluding carboxylic acids is 1. The normalized spacial score (nSPS) is 17.4. The van der Waals surface area contributed by atoms with Crippen molar-refractivity contribution < 1.29 is 26.4 Å². The summed E-state index contributed by atoms with van der Waals surface area (Å²) >= 11 is 0. The Balaban J connectivity index is 1.93. The van der Waals surface area contributed by atoms with Gasteiger partial charge in [-0.15, -0.1) is 0 Å². The zero-order chi connectivity index (χ0) is 18.7. The molecule has 0 atom stereocenters. The molecule has 0 unspecified atom stereocenters. The molecule has 0 spiro atoms. The zero-order valence-corrected chi connectivity index (χ0v) is 14.7. The van der Waals surface area contributed by atoms with Crippen molar-refractivity contribution in [1.29, 1.82) is 0 Å². The van der Waals surface area contributed by atoms with E-state index < -0.39 is 21.8 Å². The van der Waals surface area contributed by atoms with Crippen LogP contribution in [0, 0.1) is 5.92 Å². The highest BCUT2D eigenvalue weighted by Crippen LogP contribution is 2.31. The third-order valence-corrected chi connectivity index (χ3v) is 6.24. The predicted octanol–water partition coefficient (Wildman–Crippen LogP) is 2.38. The van der Waals surface area contributed by atoms with E-state index in [1.165, 1.54) is 22.5 Å². The van der Waals surface area contributed by atoms with Gasteiger partial charge in [0.05, 0.1) is 11.3 Å². The van der Waals surface area contributed by atoms with Gasteiger partial charge in [-0.25, -0.2) is 12.7 Å². The Morgan fingerprint density at radius 1 is 1.24 bits per heavy atom. The first-order valence-electron chi connectivity index (χ1n) is 8.05. The number of nitrogens with one attached hydrogen (secondary N) is 1. The quantitative estimate of drug-likeness (QED) is 0.856. The Kier molecular flexibility index (Phi) is 6.10. The Morgan fingerprint density at radius 2 is 1.84 bits per heavy atom. The van der Waals surface area contributed by atoms with Crippen LogP contribution in [0.4, 0.5) is 13.2 Å². The highest BCUT2D eigenvalue weighted by atomic mass is 32.2. The summed E-state index contributed by atoms with van der Waals surface area (Å²) in [6.45, 7) is 1.87. The minimum Gasteiger partial charge on any atom is -0.352 e. The maximum atomic E-state index is 12.9. The van der Waals surface area contributed by atoms with Gasteiger partial charge < -0.3 is 5.32 Å². The SMILES string of the molecule is CCS(=O)(=O)N1CCC(C(=O)NCc2ccccc2C(F)(F)F)CC1. The van der Waals surface area contributed by atoms with Crippen LogP contribution in [0.2, 0.25) is 0 Å². The Labute approximate surface area is 145 Å². The van der Waals surface area contributed by atoms with Gasteiger partial charge in [-0.2, -0.15) is 13.2 Å². The van der Waals surface area contributed by atoms with Gasteiger partial charge in [-0.3, -0.25) is 4.79 Å². The standard InChI is InChI=1S/C16H21F3N2O3S/c1-2-25(23,24)21-9-7-12(8-10-21)15(22)20-11-13-5-3-4-6-14(13)16(17,18)19/h3-6,12H,2,7-11H2,1H3,(H,20,22). The van der Waals surface area contributed by atoms with Crippen molar-refractivity contribution in [2.75, 3.05) is 18.8 Å². The fraction of sp³-hybridized carbons (Fsp3) is 0.562. The number of benzene rings is 1. The lowest BCUT2D eigenvalue weighted by Gasteiger charge is -2.30. The third kappa shape index (κ3) is 4.94. The predicted molar refractivity (Wildman–Crippen MR) is 87.0 cm³/mol. The molecule has 1 fully saturated rings. The van der Waals surface area contributed by atoms with Crippen LogP contribution in [0.25, 0.3) is 0 Å². The van der Waals surface area contributed by atoms with E-state index in [1.54, 1.807) is 6.92 Å². The number of alkyl halides is 3. The van der Waals surface area contributed by atoms with Crippen molar-refractivity contribution in [3.05, 3.63) is 35.4 Å². The number of amides is 1. The maximum absolute atomic E-state index is 12.9. The minimum absolute atomic E-state index is 0.00865. The number of hydrogen-bond acceptors (Lipinski definition) is 3. The minimum atomic E-state index is -4.47. The average molecular weight is 378 g/mol. The second kappa shape index (κ2) is 7.74. The number of rotatable bonds is 5. The number of halogens is 3. The monoisotopic (exact) mass is 378 g/mol. The Morgan fingerprint density at radius 3 is 2.40 bits per heavy atom. The van der Waals surface area contributed by atoms with Crippen LogP contribution in [-0.4, -0.2) is 37.5 Å². The largest absolute Gasteiger partial charge is 0.416 e. The van der Waals surface area contributed by atoms with Gasteiger partial charge >= 0.3 is 6.18 Å². The van der Waals surface area contributed by atoms with Gasteiger partial charge in [-0.05, 0) is 31.4 Å². The van der Waals surface area contributed by atoms with Crippen molar-refractivity contribution in [2.24, 2.45) is 5.92 Å². The van der Waals surface area contributed by atoms with Gasteiger partial charge in [-0.1, -0.05) is 18.2 Å². The van der Waals surface area contributed by atoms with Crippen molar-refractivity contribution in [2.45, 2.75) is 32.5 Å². The van der Waals surface area contributed by atoms with Crippen molar-refractivity contribution in [1.82, 2.24) is 9.62 Å². The van der Waals surface area contributed by atoms with E-state index in [0.717, 1.165) is 6.07 Å². The average Bonchev–Trinajstić information content (AvgIpc) is 2.59. The van der Waals surface area contributed by atoms with Crippen LogP contribution in [0.5, 0.6) is 0 Å². The Bertz CT molecular complexity index is 712. The van der Waals surface area contributed by atoms with E-state index in [9.17, 15) is 26.4 Å². The van der Waals surface area contributed by atoms with Gasteiger partial charge in [0.1, 0.15) is 0 Å². The molecule has 0 saturated carbocycles. The number of carbonyl (C=O) groups is 1. The number of nitrogens with zero attached hydrogens (tertiary/aromatic N) is 1. The summed E-state index contributed by atoms with van der Waals surface area (Å²) < 4.78 is 63.8. The van der Waals surface area contributed by atoms with E-state index in [-0.39, 0.29) is 42.8 Å². The van der Waals surface area contributed by atoms with Crippen molar-refractivity contribution in [3.63, 3.8) is 0 Å². The lowest BCUT2D eigenvalue weighted by Crippen LogP contribution is -2.43. The first-order chi connectivity index (χ1) is 11.6. The fourth-order valence-corrected chi connectivity index (χ4v) is 3.99. The molecule has 1 amide bonds. The first kappa shape index (κ1) is 19.7. The van der Waals surface area contributed by atoms with Crippen LogP contribution >= 0.6 is 0 Å². The molecule has 1 heterocycles. The lowest BCUT2D eigenvalue weighted by molar-refractivity contribution is -0.138. The summed E-state index contributed by atoms with van der Waals surface area (Å²) in [5.41, 5.74) is -0.756. The summed E-state index contributed by atoms with van der Waals surface area (Å²) in [6.07, 6.45) is -3.74. The van der Waals surface area contributed by atoms with Gasteiger partial charge in [0.25, 0.3) is 0 Å². The van der Waals surface area contributed by atoms with Crippen molar-refractivity contribution in [3.8, 4) is 0 Å². The number of hydrogen-bond donors (Lipinski definition) is 1. The van der Waals surface area contributed by atoms with Crippen LogP contribution in [0.3, 0.4) is 0 Å². The molecular weight excluding hydrogens is 357 g/mol.